The van der Waals surface area contributed by atoms with Gasteiger partial charge in [-0.1, -0.05) is 23.7 Å². The number of nitrogens with zero attached hydrogens (tertiary/aromatic N) is 1. The molecule has 128 valence electrons. The second-order valence-corrected chi connectivity index (χ2v) is 5.68. The maximum Gasteiger partial charge on any atom is 0.317 e. The quantitative estimate of drug-likeness (QED) is 0.778. The van der Waals surface area contributed by atoms with Gasteiger partial charge in [-0.3, -0.25) is 0 Å². The molecule has 0 spiro atoms. The Balaban J connectivity index is 1.70. The van der Waals surface area contributed by atoms with E-state index in [9.17, 15) is 4.79 Å². The third kappa shape index (κ3) is 5.66. The summed E-state index contributed by atoms with van der Waals surface area (Å²) < 4.78 is 10.6. The van der Waals surface area contributed by atoms with E-state index in [0.29, 0.717) is 24.7 Å². The monoisotopic (exact) mass is 348 g/mol. The Morgan fingerprint density at radius 3 is 2.54 bits per heavy atom. The van der Waals surface area contributed by atoms with Crippen LogP contribution in [0.25, 0.3) is 0 Å². The predicted molar refractivity (Wildman–Crippen MR) is 94.8 cm³/mol. The summed E-state index contributed by atoms with van der Waals surface area (Å²) in [7, 11) is 3.35. The first-order chi connectivity index (χ1) is 11.6. The molecule has 2 amide bonds. The Labute approximate surface area is 147 Å². The summed E-state index contributed by atoms with van der Waals surface area (Å²) in [6.07, 6.45) is 0. The average molecular weight is 349 g/mol. The minimum absolute atomic E-state index is 0.159. The molecule has 0 fully saturated rings. The van der Waals surface area contributed by atoms with Crippen LogP contribution in [0.15, 0.2) is 48.5 Å². The van der Waals surface area contributed by atoms with Crippen molar-refractivity contribution in [2.24, 2.45) is 0 Å². The molecule has 0 saturated heterocycles. The van der Waals surface area contributed by atoms with Crippen molar-refractivity contribution in [3.8, 4) is 11.5 Å². The number of hydrogen-bond donors (Lipinski definition) is 1. The van der Waals surface area contributed by atoms with Gasteiger partial charge in [0.15, 0.2) is 0 Å². The molecule has 0 bridgehead atoms. The van der Waals surface area contributed by atoms with Gasteiger partial charge in [0.05, 0.1) is 13.7 Å². The maximum absolute atomic E-state index is 12.0. The highest BCUT2D eigenvalue weighted by molar-refractivity contribution is 6.30. The molecule has 24 heavy (non-hydrogen) atoms. The highest BCUT2D eigenvalue weighted by Crippen LogP contribution is 2.16. The number of methoxy groups -OCH3 is 1. The van der Waals surface area contributed by atoms with E-state index in [-0.39, 0.29) is 6.03 Å². The molecule has 1 N–H and O–H groups in total. The standard InChI is InChI=1S/C18H21ClN2O3/c1-21(13-14-4-3-5-15(19)12-14)18(22)20-10-11-24-17-8-6-16(23-2)7-9-17/h3-9,12H,10-11,13H2,1-2H3,(H,20,22). The topological polar surface area (TPSA) is 50.8 Å². The number of carbonyl (C=O) groups excluding carboxylic acids is 1. The molecule has 2 rings (SSSR count). The van der Waals surface area contributed by atoms with Crippen molar-refractivity contribution >= 4 is 17.6 Å². The van der Waals surface area contributed by atoms with E-state index < -0.39 is 0 Å². The van der Waals surface area contributed by atoms with Crippen molar-refractivity contribution in [2.45, 2.75) is 6.54 Å². The Morgan fingerprint density at radius 2 is 1.88 bits per heavy atom. The number of urea groups is 1. The van der Waals surface area contributed by atoms with Crippen LogP contribution in [-0.4, -0.2) is 38.2 Å². The van der Waals surface area contributed by atoms with Crippen molar-refractivity contribution in [3.05, 3.63) is 59.1 Å². The lowest BCUT2D eigenvalue weighted by Gasteiger charge is -2.18. The molecular weight excluding hydrogens is 328 g/mol. The normalized spacial score (nSPS) is 10.1. The van der Waals surface area contributed by atoms with Crippen LogP contribution in [0.5, 0.6) is 11.5 Å². The van der Waals surface area contributed by atoms with Crippen LogP contribution < -0.4 is 14.8 Å². The van der Waals surface area contributed by atoms with E-state index in [1.807, 2.05) is 48.5 Å². The summed E-state index contributed by atoms with van der Waals surface area (Å²) in [4.78, 5) is 13.6. The van der Waals surface area contributed by atoms with Crippen molar-refractivity contribution in [1.82, 2.24) is 10.2 Å². The second-order valence-electron chi connectivity index (χ2n) is 5.24. The van der Waals surface area contributed by atoms with Crippen molar-refractivity contribution in [3.63, 3.8) is 0 Å². The van der Waals surface area contributed by atoms with Crippen LogP contribution in [0.2, 0.25) is 5.02 Å². The molecule has 2 aromatic carbocycles. The number of nitrogens with one attached hydrogen (secondary N) is 1. The first-order valence-corrected chi connectivity index (χ1v) is 7.96. The minimum atomic E-state index is -0.159. The summed E-state index contributed by atoms with van der Waals surface area (Å²) in [5, 5.41) is 3.48. The fourth-order valence-corrected chi connectivity index (χ4v) is 2.33. The van der Waals surface area contributed by atoms with Crippen LogP contribution in [0.4, 0.5) is 4.79 Å². The zero-order valence-electron chi connectivity index (χ0n) is 13.8. The van der Waals surface area contributed by atoms with Crippen LogP contribution in [-0.2, 0) is 6.54 Å². The molecule has 0 aliphatic rings. The van der Waals surface area contributed by atoms with E-state index in [2.05, 4.69) is 5.32 Å². The number of hydrogen-bond acceptors (Lipinski definition) is 3. The molecule has 0 atom stereocenters. The van der Waals surface area contributed by atoms with Gasteiger partial charge in [-0.2, -0.15) is 0 Å². The molecule has 0 heterocycles. The number of ether oxygens (including phenoxy) is 2. The maximum atomic E-state index is 12.0. The SMILES string of the molecule is COc1ccc(OCCNC(=O)N(C)Cc2cccc(Cl)c2)cc1. The molecule has 0 aromatic heterocycles. The number of halogens is 1. The Hall–Kier alpha value is -2.40. The number of rotatable bonds is 7. The second kappa shape index (κ2) is 9.03. The summed E-state index contributed by atoms with van der Waals surface area (Å²) in [6.45, 7) is 1.31. The Morgan fingerprint density at radius 1 is 1.17 bits per heavy atom. The fourth-order valence-electron chi connectivity index (χ4n) is 2.11. The average Bonchev–Trinajstić information content (AvgIpc) is 2.59. The molecule has 0 radical (unpaired) electrons. The summed E-state index contributed by atoms with van der Waals surface area (Å²) >= 11 is 5.94. The Kier molecular flexibility index (Phi) is 6.75. The van der Waals surface area contributed by atoms with Crippen LogP contribution in [0.3, 0.4) is 0 Å². The van der Waals surface area contributed by atoms with Gasteiger partial charge in [0.25, 0.3) is 0 Å². The summed E-state index contributed by atoms with van der Waals surface area (Å²) in [5.74, 6) is 1.51. The van der Waals surface area contributed by atoms with Gasteiger partial charge in [-0.15, -0.1) is 0 Å². The number of carbonyl (C=O) groups is 1. The molecule has 6 heteroatoms. The molecule has 0 saturated carbocycles. The first-order valence-electron chi connectivity index (χ1n) is 7.59. The van der Waals surface area contributed by atoms with E-state index >= 15 is 0 Å². The van der Waals surface area contributed by atoms with Gasteiger partial charge in [-0.05, 0) is 42.0 Å². The van der Waals surface area contributed by atoms with E-state index in [1.54, 1.807) is 19.1 Å². The van der Waals surface area contributed by atoms with E-state index in [0.717, 1.165) is 17.1 Å². The summed E-state index contributed by atoms with van der Waals surface area (Å²) in [6, 6.07) is 14.6. The first kappa shape index (κ1) is 17.9. The van der Waals surface area contributed by atoms with E-state index in [4.69, 9.17) is 21.1 Å². The van der Waals surface area contributed by atoms with Gasteiger partial charge in [-0.25, -0.2) is 4.79 Å². The molecule has 5 nitrogen and oxygen atoms in total. The zero-order valence-corrected chi connectivity index (χ0v) is 14.5. The zero-order chi connectivity index (χ0) is 17.4. The van der Waals surface area contributed by atoms with Crippen molar-refractivity contribution < 1.29 is 14.3 Å². The van der Waals surface area contributed by atoms with Crippen LogP contribution in [0, 0.1) is 0 Å². The third-order valence-electron chi connectivity index (χ3n) is 3.36. The van der Waals surface area contributed by atoms with Gasteiger partial charge < -0.3 is 19.7 Å². The lowest BCUT2D eigenvalue weighted by molar-refractivity contribution is 0.203. The van der Waals surface area contributed by atoms with Crippen LogP contribution >= 0.6 is 11.6 Å². The largest absolute Gasteiger partial charge is 0.497 e. The fraction of sp³-hybridized carbons (Fsp3) is 0.278. The molecular formula is C18H21ClN2O3. The van der Waals surface area contributed by atoms with Gasteiger partial charge in [0.2, 0.25) is 0 Å². The smallest absolute Gasteiger partial charge is 0.317 e. The van der Waals surface area contributed by atoms with Gasteiger partial charge in [0.1, 0.15) is 18.1 Å². The van der Waals surface area contributed by atoms with Gasteiger partial charge in [0, 0.05) is 18.6 Å². The third-order valence-corrected chi connectivity index (χ3v) is 3.60. The predicted octanol–water partition coefficient (Wildman–Crippen LogP) is 3.57. The van der Waals surface area contributed by atoms with Crippen LogP contribution in [0.1, 0.15) is 5.56 Å². The van der Waals surface area contributed by atoms with Crippen molar-refractivity contribution in [2.75, 3.05) is 27.3 Å². The highest BCUT2D eigenvalue weighted by atomic mass is 35.5. The highest BCUT2D eigenvalue weighted by Gasteiger charge is 2.08. The van der Waals surface area contributed by atoms with Crippen molar-refractivity contribution in [1.29, 1.82) is 0 Å². The Bertz CT molecular complexity index is 662. The minimum Gasteiger partial charge on any atom is -0.497 e. The lowest BCUT2D eigenvalue weighted by atomic mass is 10.2. The molecule has 2 aromatic rings. The molecule has 0 aliphatic carbocycles. The molecule has 0 unspecified atom stereocenters. The summed E-state index contributed by atoms with van der Waals surface area (Å²) in [5.41, 5.74) is 0.981. The number of amides is 2. The van der Waals surface area contributed by atoms with E-state index in [1.165, 1.54) is 0 Å². The van der Waals surface area contributed by atoms with Gasteiger partial charge >= 0.3 is 6.03 Å². The molecule has 0 aliphatic heterocycles. The number of benzene rings is 2. The lowest BCUT2D eigenvalue weighted by Crippen LogP contribution is -2.38.